The number of carbonyl (C=O) groups excluding carboxylic acids is 1. The molecule has 4 atom stereocenters. The third-order valence-corrected chi connectivity index (χ3v) is 6.33. The number of halogens is 1. The number of fused-ring (bicyclic) bond motifs is 2. The number of ether oxygens (including phenoxy) is 1. The maximum Gasteiger partial charge on any atom is 0.316 e. The van der Waals surface area contributed by atoms with Gasteiger partial charge < -0.3 is 4.74 Å². The van der Waals surface area contributed by atoms with Crippen LogP contribution in [0.25, 0.3) is 0 Å². The number of aryl methyl sites for hydroxylation is 1. The van der Waals surface area contributed by atoms with Crippen LogP contribution in [0.4, 0.5) is 0 Å². The molecule has 0 radical (unpaired) electrons. The first-order valence-corrected chi connectivity index (χ1v) is 9.66. The highest BCUT2D eigenvalue weighted by molar-refractivity contribution is 6.30. The van der Waals surface area contributed by atoms with Gasteiger partial charge in [0.25, 0.3) is 0 Å². The number of hydrogen-bond donors (Lipinski definition) is 0. The molecule has 2 heterocycles. The van der Waals surface area contributed by atoms with Crippen LogP contribution in [0.3, 0.4) is 0 Å². The molecule has 0 aliphatic carbocycles. The molecule has 0 aromatic heterocycles. The van der Waals surface area contributed by atoms with Crippen LogP contribution in [0.15, 0.2) is 48.5 Å². The lowest BCUT2D eigenvalue weighted by Crippen LogP contribution is -2.49. The molecule has 3 nitrogen and oxygen atoms in total. The summed E-state index contributed by atoms with van der Waals surface area (Å²) in [5.74, 6) is 0.532. The van der Waals surface area contributed by atoms with E-state index >= 15 is 0 Å². The molecule has 26 heavy (non-hydrogen) atoms. The van der Waals surface area contributed by atoms with Gasteiger partial charge in [0.1, 0.15) is 5.75 Å². The Labute approximate surface area is 159 Å². The predicted molar refractivity (Wildman–Crippen MR) is 104 cm³/mol. The van der Waals surface area contributed by atoms with E-state index in [-0.39, 0.29) is 23.8 Å². The van der Waals surface area contributed by atoms with Crippen LogP contribution in [-0.2, 0) is 4.79 Å². The highest BCUT2D eigenvalue weighted by Gasteiger charge is 2.49. The van der Waals surface area contributed by atoms with E-state index < -0.39 is 0 Å². The van der Waals surface area contributed by atoms with Crippen LogP contribution in [0, 0.1) is 12.8 Å². The molecule has 2 aliphatic rings. The minimum absolute atomic E-state index is 0.119. The van der Waals surface area contributed by atoms with E-state index in [4.69, 9.17) is 16.3 Å². The predicted octanol–water partition coefficient (Wildman–Crippen LogP) is 4.82. The largest absolute Gasteiger partial charge is 0.426 e. The third-order valence-electron chi connectivity index (χ3n) is 6.08. The topological polar surface area (TPSA) is 29.5 Å². The summed E-state index contributed by atoms with van der Waals surface area (Å²) in [6, 6.07) is 16.4. The van der Waals surface area contributed by atoms with E-state index in [2.05, 4.69) is 24.1 Å². The lowest BCUT2D eigenvalue weighted by Gasteiger charge is -2.41. The summed E-state index contributed by atoms with van der Waals surface area (Å²) in [5, 5.41) is 0.725. The Morgan fingerprint density at radius 1 is 1.08 bits per heavy atom. The lowest BCUT2D eigenvalue weighted by atomic mass is 9.76. The smallest absolute Gasteiger partial charge is 0.316 e. The molecule has 2 aromatic carbocycles. The van der Waals surface area contributed by atoms with Crippen molar-refractivity contribution in [2.45, 2.75) is 44.2 Å². The molecule has 2 aromatic rings. The molecule has 4 heteroatoms. The number of nitrogens with zero attached hydrogens (tertiary/aromatic N) is 1. The maximum atomic E-state index is 13.2. The zero-order chi connectivity index (χ0) is 18.3. The zero-order valence-electron chi connectivity index (χ0n) is 15.2. The molecule has 2 bridgehead atoms. The molecule has 4 rings (SSSR count). The van der Waals surface area contributed by atoms with Crippen LogP contribution in [-0.4, -0.2) is 30.0 Å². The Hall–Kier alpha value is -1.84. The van der Waals surface area contributed by atoms with E-state index in [0.29, 0.717) is 11.8 Å². The van der Waals surface area contributed by atoms with Crippen molar-refractivity contribution < 1.29 is 9.53 Å². The molecular weight excluding hydrogens is 346 g/mol. The minimum atomic E-state index is -0.152. The summed E-state index contributed by atoms with van der Waals surface area (Å²) in [7, 11) is 2.15. The van der Waals surface area contributed by atoms with E-state index in [1.54, 1.807) is 0 Å². The van der Waals surface area contributed by atoms with Crippen molar-refractivity contribution in [1.29, 1.82) is 0 Å². The zero-order valence-corrected chi connectivity index (χ0v) is 15.9. The molecule has 2 aliphatic heterocycles. The summed E-state index contributed by atoms with van der Waals surface area (Å²) in [4.78, 5) is 15.5. The first-order valence-electron chi connectivity index (χ1n) is 9.28. The van der Waals surface area contributed by atoms with Crippen LogP contribution in [0.1, 0.15) is 36.3 Å². The lowest BCUT2D eigenvalue weighted by molar-refractivity contribution is -0.143. The fraction of sp³-hybridized carbons (Fsp3) is 0.409. The van der Waals surface area contributed by atoms with Crippen LogP contribution >= 0.6 is 11.6 Å². The number of hydrogen-bond acceptors (Lipinski definition) is 3. The third kappa shape index (κ3) is 3.26. The fourth-order valence-electron chi connectivity index (χ4n) is 4.63. The Morgan fingerprint density at radius 3 is 2.46 bits per heavy atom. The Morgan fingerprint density at radius 2 is 1.77 bits per heavy atom. The Balaban J connectivity index is 1.63. The van der Waals surface area contributed by atoms with Crippen molar-refractivity contribution in [3.8, 4) is 5.75 Å². The summed E-state index contributed by atoms with van der Waals surface area (Å²) in [6.07, 6.45) is 3.20. The summed E-state index contributed by atoms with van der Waals surface area (Å²) in [6.45, 7) is 2.02. The molecule has 0 N–H and O–H groups in total. The van der Waals surface area contributed by atoms with Gasteiger partial charge in [-0.15, -0.1) is 0 Å². The maximum absolute atomic E-state index is 13.2. The van der Waals surface area contributed by atoms with Crippen LogP contribution in [0.5, 0.6) is 5.75 Å². The average Bonchev–Trinajstić information content (AvgIpc) is 2.87. The highest BCUT2D eigenvalue weighted by atomic mass is 35.5. The summed E-state index contributed by atoms with van der Waals surface area (Å²) < 4.78 is 5.79. The summed E-state index contributed by atoms with van der Waals surface area (Å²) in [5.41, 5.74) is 2.34. The van der Waals surface area contributed by atoms with Crippen LogP contribution < -0.4 is 4.74 Å². The van der Waals surface area contributed by atoms with E-state index in [1.807, 2.05) is 43.3 Å². The van der Waals surface area contributed by atoms with Gasteiger partial charge in [-0.05, 0) is 63.1 Å². The van der Waals surface area contributed by atoms with Gasteiger partial charge >= 0.3 is 5.97 Å². The van der Waals surface area contributed by atoms with E-state index in [9.17, 15) is 4.79 Å². The molecule has 2 saturated heterocycles. The second-order valence-corrected chi connectivity index (χ2v) is 8.05. The van der Waals surface area contributed by atoms with Gasteiger partial charge in [0.15, 0.2) is 0 Å². The highest BCUT2D eigenvalue weighted by Crippen LogP contribution is 2.46. The normalized spacial score (nSPS) is 28.1. The number of esters is 1. The standard InChI is InChI=1S/C22H24ClNO2/c1-14-3-10-18(11-4-14)26-22(25)21-19(15-5-7-16(23)8-6-15)13-17-9-12-20(21)24(17)2/h3-8,10-11,17,19-21H,9,12-13H2,1-2H3/t17-,19+,20+,21-/m0/s1. The van der Waals surface area contributed by atoms with Gasteiger partial charge in [0.05, 0.1) is 5.92 Å². The fourth-order valence-corrected chi connectivity index (χ4v) is 4.76. The number of carbonyl (C=O) groups is 1. The van der Waals surface area contributed by atoms with Crippen molar-refractivity contribution in [2.75, 3.05) is 7.05 Å². The minimum Gasteiger partial charge on any atom is -0.426 e. The molecular formula is C22H24ClNO2. The average molecular weight is 370 g/mol. The Bertz CT molecular complexity index is 787. The van der Waals surface area contributed by atoms with Gasteiger partial charge in [-0.2, -0.15) is 0 Å². The van der Waals surface area contributed by atoms with Crippen molar-refractivity contribution >= 4 is 17.6 Å². The monoisotopic (exact) mass is 369 g/mol. The molecule has 0 spiro atoms. The van der Waals surface area contributed by atoms with Gasteiger partial charge in [-0.1, -0.05) is 41.4 Å². The molecule has 136 valence electrons. The van der Waals surface area contributed by atoms with Crippen molar-refractivity contribution in [3.63, 3.8) is 0 Å². The van der Waals surface area contributed by atoms with Gasteiger partial charge in [0.2, 0.25) is 0 Å². The van der Waals surface area contributed by atoms with E-state index in [1.165, 1.54) is 5.56 Å². The van der Waals surface area contributed by atoms with Crippen LogP contribution in [0.2, 0.25) is 5.02 Å². The van der Waals surface area contributed by atoms with E-state index in [0.717, 1.165) is 29.8 Å². The van der Waals surface area contributed by atoms with Gasteiger partial charge in [0, 0.05) is 23.0 Å². The van der Waals surface area contributed by atoms with Gasteiger partial charge in [-0.25, -0.2) is 0 Å². The molecule has 2 fully saturated rings. The number of piperidine rings is 1. The van der Waals surface area contributed by atoms with Crippen molar-refractivity contribution in [3.05, 3.63) is 64.7 Å². The first kappa shape index (κ1) is 17.6. The number of rotatable bonds is 3. The second kappa shape index (κ2) is 7.05. The molecule has 0 amide bonds. The van der Waals surface area contributed by atoms with Gasteiger partial charge in [-0.3, -0.25) is 9.69 Å². The van der Waals surface area contributed by atoms with Crippen molar-refractivity contribution in [2.24, 2.45) is 5.92 Å². The Kier molecular flexibility index (Phi) is 4.76. The second-order valence-electron chi connectivity index (χ2n) is 7.62. The van der Waals surface area contributed by atoms with Crippen molar-refractivity contribution in [1.82, 2.24) is 4.90 Å². The molecule has 0 saturated carbocycles. The quantitative estimate of drug-likeness (QED) is 0.573. The number of benzene rings is 2. The SMILES string of the molecule is Cc1ccc(OC(=O)[C@H]2[C@@H](c3ccc(Cl)cc3)C[C@@H]3CC[C@H]2N3C)cc1. The summed E-state index contributed by atoms with van der Waals surface area (Å²) >= 11 is 6.06. The first-order chi connectivity index (χ1) is 12.5. The molecule has 0 unspecified atom stereocenters.